The Hall–Kier alpha value is -1.98. The summed E-state index contributed by atoms with van der Waals surface area (Å²) in [5.74, 6) is -0.523. The molecule has 0 saturated heterocycles. The van der Waals surface area contributed by atoms with Gasteiger partial charge in [-0.3, -0.25) is 0 Å². The zero-order valence-electron chi connectivity index (χ0n) is 12.7. The van der Waals surface area contributed by atoms with Gasteiger partial charge >= 0.3 is 12.0 Å². The number of nitrogens with zero attached hydrogens (tertiary/aromatic N) is 1. The lowest BCUT2D eigenvalue weighted by atomic mass is 9.95. The fraction of sp³-hybridized carbons (Fsp3) is 0.250. The molecule has 0 fully saturated rings. The average molecular weight is 355 g/mol. The molecule has 1 heterocycles. The third-order valence-corrected chi connectivity index (χ3v) is 4.32. The van der Waals surface area contributed by atoms with Crippen LogP contribution in [-0.4, -0.2) is 30.6 Å². The van der Waals surface area contributed by atoms with Gasteiger partial charge in [-0.1, -0.05) is 41.9 Å². The predicted molar refractivity (Wildman–Crippen MR) is 89.4 cm³/mol. The van der Waals surface area contributed by atoms with Crippen LogP contribution < -0.4 is 5.32 Å². The van der Waals surface area contributed by atoms with E-state index in [1.54, 1.807) is 32.2 Å². The average Bonchev–Trinajstić information content (AvgIpc) is 2.52. The minimum absolute atomic E-state index is 0.0847. The van der Waals surface area contributed by atoms with Crippen molar-refractivity contribution in [3.05, 3.63) is 57.7 Å². The van der Waals surface area contributed by atoms with Crippen LogP contribution in [-0.2, 0) is 9.53 Å². The zero-order chi connectivity index (χ0) is 17.1. The Balaban J connectivity index is 2.49. The van der Waals surface area contributed by atoms with Crippen molar-refractivity contribution in [1.82, 2.24) is 10.2 Å². The van der Waals surface area contributed by atoms with Gasteiger partial charge in [0.1, 0.15) is 6.61 Å². The lowest BCUT2D eigenvalue weighted by Gasteiger charge is -2.33. The molecular weight excluding hydrogens is 339 g/mol. The number of hydrogen-bond acceptors (Lipinski definition) is 3. The van der Waals surface area contributed by atoms with E-state index in [0.717, 1.165) is 0 Å². The molecule has 1 N–H and O–H groups in total. The second kappa shape index (κ2) is 7.06. The Morgan fingerprint density at radius 3 is 2.74 bits per heavy atom. The number of esters is 1. The monoisotopic (exact) mass is 354 g/mol. The van der Waals surface area contributed by atoms with E-state index in [9.17, 15) is 9.59 Å². The van der Waals surface area contributed by atoms with Crippen LogP contribution in [0.1, 0.15) is 18.5 Å². The summed E-state index contributed by atoms with van der Waals surface area (Å²) in [6.07, 6.45) is 1.48. The number of hydrogen-bond donors (Lipinski definition) is 1. The maximum absolute atomic E-state index is 12.4. The van der Waals surface area contributed by atoms with Gasteiger partial charge in [0.25, 0.3) is 0 Å². The molecule has 5 nitrogen and oxygen atoms in total. The van der Waals surface area contributed by atoms with Gasteiger partial charge in [-0.05, 0) is 24.6 Å². The number of carbonyl (C=O) groups is 2. The van der Waals surface area contributed by atoms with Crippen molar-refractivity contribution < 1.29 is 14.3 Å². The molecule has 0 unspecified atom stereocenters. The summed E-state index contributed by atoms with van der Waals surface area (Å²) in [4.78, 5) is 25.8. The molecule has 0 aliphatic carbocycles. The molecule has 0 aromatic heterocycles. The predicted octanol–water partition coefficient (Wildman–Crippen LogP) is 3.69. The first-order chi connectivity index (χ1) is 10.9. The van der Waals surface area contributed by atoms with Crippen LogP contribution >= 0.6 is 23.2 Å². The molecule has 1 aromatic rings. The number of benzene rings is 1. The molecule has 0 saturated carbocycles. The van der Waals surface area contributed by atoms with Gasteiger partial charge in [-0.2, -0.15) is 0 Å². The van der Waals surface area contributed by atoms with Gasteiger partial charge in [0.05, 0.1) is 21.7 Å². The summed E-state index contributed by atoms with van der Waals surface area (Å²) in [5.41, 5.74) is 1.50. The first kappa shape index (κ1) is 17.4. The van der Waals surface area contributed by atoms with Crippen LogP contribution in [0.15, 0.2) is 42.1 Å². The van der Waals surface area contributed by atoms with Gasteiger partial charge < -0.3 is 15.0 Å². The lowest BCUT2D eigenvalue weighted by molar-refractivity contribution is -0.138. The molecule has 0 bridgehead atoms. The zero-order valence-corrected chi connectivity index (χ0v) is 14.2. The summed E-state index contributed by atoms with van der Waals surface area (Å²) in [6, 6.07) is 3.96. The second-order valence-corrected chi connectivity index (χ2v) is 5.82. The summed E-state index contributed by atoms with van der Waals surface area (Å²) in [5, 5.41) is 3.50. The summed E-state index contributed by atoms with van der Waals surface area (Å²) < 4.78 is 5.14. The number of ether oxygens (including phenoxy) is 1. The second-order valence-electron chi connectivity index (χ2n) is 5.00. The number of nitrogens with one attached hydrogen (secondary N) is 1. The summed E-state index contributed by atoms with van der Waals surface area (Å²) in [6.45, 7) is 5.29. The van der Waals surface area contributed by atoms with Crippen LogP contribution in [0.25, 0.3) is 0 Å². The minimum atomic E-state index is -0.661. The maximum atomic E-state index is 12.4. The molecule has 1 aromatic carbocycles. The fourth-order valence-corrected chi connectivity index (χ4v) is 2.56. The van der Waals surface area contributed by atoms with E-state index in [4.69, 9.17) is 27.9 Å². The van der Waals surface area contributed by atoms with E-state index in [1.165, 1.54) is 11.0 Å². The van der Waals surface area contributed by atoms with Gasteiger partial charge in [-0.15, -0.1) is 0 Å². The van der Waals surface area contributed by atoms with Crippen molar-refractivity contribution in [3.63, 3.8) is 0 Å². The SMILES string of the molecule is C=CCOC(=O)C1=C(C)N(C)C(=O)N[C@@H]1c1ccc(Cl)c(Cl)c1. The van der Waals surface area contributed by atoms with Gasteiger partial charge in [0.15, 0.2) is 0 Å². The van der Waals surface area contributed by atoms with Crippen molar-refractivity contribution in [3.8, 4) is 0 Å². The largest absolute Gasteiger partial charge is 0.458 e. The van der Waals surface area contributed by atoms with Crippen molar-refractivity contribution in [2.75, 3.05) is 13.7 Å². The summed E-state index contributed by atoms with van der Waals surface area (Å²) in [7, 11) is 1.58. The molecule has 2 rings (SSSR count). The van der Waals surface area contributed by atoms with E-state index >= 15 is 0 Å². The van der Waals surface area contributed by atoms with Crippen LogP contribution in [0, 0.1) is 0 Å². The van der Waals surface area contributed by atoms with Crippen LogP contribution in [0.5, 0.6) is 0 Å². The maximum Gasteiger partial charge on any atom is 0.338 e. The van der Waals surface area contributed by atoms with Gasteiger partial charge in [0.2, 0.25) is 0 Å². The number of allylic oxidation sites excluding steroid dienone is 1. The van der Waals surface area contributed by atoms with Crippen LogP contribution in [0.3, 0.4) is 0 Å². The number of urea groups is 1. The molecule has 0 radical (unpaired) electrons. The third kappa shape index (κ3) is 3.51. The van der Waals surface area contributed by atoms with E-state index in [2.05, 4.69) is 11.9 Å². The van der Waals surface area contributed by atoms with E-state index in [-0.39, 0.29) is 12.6 Å². The van der Waals surface area contributed by atoms with Crippen LogP contribution in [0.4, 0.5) is 4.79 Å². The smallest absolute Gasteiger partial charge is 0.338 e. The molecule has 1 aliphatic rings. The first-order valence-corrected chi connectivity index (χ1v) is 7.60. The quantitative estimate of drug-likeness (QED) is 0.662. The topological polar surface area (TPSA) is 58.6 Å². The Morgan fingerprint density at radius 2 is 2.13 bits per heavy atom. The highest BCUT2D eigenvalue weighted by atomic mass is 35.5. The fourth-order valence-electron chi connectivity index (χ4n) is 2.25. The van der Waals surface area contributed by atoms with Crippen molar-refractivity contribution in [1.29, 1.82) is 0 Å². The highest BCUT2D eigenvalue weighted by molar-refractivity contribution is 6.42. The molecule has 23 heavy (non-hydrogen) atoms. The lowest BCUT2D eigenvalue weighted by Crippen LogP contribution is -2.46. The third-order valence-electron chi connectivity index (χ3n) is 3.58. The first-order valence-electron chi connectivity index (χ1n) is 6.84. The number of amides is 2. The van der Waals surface area contributed by atoms with Gasteiger partial charge in [-0.25, -0.2) is 9.59 Å². The normalized spacial score (nSPS) is 17.8. The van der Waals surface area contributed by atoms with Crippen molar-refractivity contribution >= 4 is 35.2 Å². The number of rotatable bonds is 4. The van der Waals surface area contributed by atoms with Crippen LogP contribution in [0.2, 0.25) is 10.0 Å². The van der Waals surface area contributed by atoms with Crippen molar-refractivity contribution in [2.45, 2.75) is 13.0 Å². The Morgan fingerprint density at radius 1 is 1.43 bits per heavy atom. The molecule has 2 amide bonds. The van der Waals surface area contributed by atoms with E-state index < -0.39 is 12.0 Å². The standard InChI is InChI=1S/C16H16Cl2N2O3/c1-4-7-23-15(21)13-9(2)20(3)16(22)19-14(13)10-5-6-11(17)12(18)8-10/h4-6,8,14H,1,7H2,2-3H3,(H,19,22)/t14-/m1/s1. The highest BCUT2D eigenvalue weighted by Crippen LogP contribution is 2.33. The van der Waals surface area contributed by atoms with E-state index in [1.807, 2.05) is 0 Å². The van der Waals surface area contributed by atoms with Gasteiger partial charge in [0, 0.05) is 12.7 Å². The highest BCUT2D eigenvalue weighted by Gasteiger charge is 2.35. The Bertz CT molecular complexity index is 701. The molecule has 1 atom stereocenters. The Kier molecular flexibility index (Phi) is 5.34. The molecular formula is C16H16Cl2N2O3. The molecule has 122 valence electrons. The molecule has 0 spiro atoms. The number of halogens is 2. The number of carbonyl (C=O) groups excluding carboxylic acids is 2. The summed E-state index contributed by atoms with van der Waals surface area (Å²) >= 11 is 12.0. The Labute approximate surface area is 144 Å². The van der Waals surface area contributed by atoms with Crippen molar-refractivity contribution in [2.24, 2.45) is 0 Å². The molecule has 1 aliphatic heterocycles. The van der Waals surface area contributed by atoms with E-state index in [0.29, 0.717) is 26.9 Å². The molecule has 7 heteroatoms. The minimum Gasteiger partial charge on any atom is -0.458 e.